The van der Waals surface area contributed by atoms with Gasteiger partial charge in [-0.05, 0) is 29.3 Å². The second-order valence-corrected chi connectivity index (χ2v) is 6.31. The van der Waals surface area contributed by atoms with Crippen molar-refractivity contribution in [1.29, 1.82) is 0 Å². The Morgan fingerprint density at radius 1 is 1.00 bits per heavy atom. The summed E-state index contributed by atoms with van der Waals surface area (Å²) >= 11 is 10.4. The van der Waals surface area contributed by atoms with Crippen molar-refractivity contribution in [1.82, 2.24) is 0 Å². The van der Waals surface area contributed by atoms with Gasteiger partial charge < -0.3 is 9.47 Å². The zero-order valence-electron chi connectivity index (χ0n) is 13.2. The van der Waals surface area contributed by atoms with Crippen molar-refractivity contribution >= 4 is 34.1 Å². The second kappa shape index (κ2) is 7.69. The Hall–Kier alpha value is -2.04. The van der Waals surface area contributed by atoms with Crippen LogP contribution in [-0.2, 0) is 10.2 Å². The SMILES string of the molecule is CC(C)(C1=CC=C(OC(=O)Cl)CC=C1)c1ccc(OC(=O)Cl)cc1. The van der Waals surface area contributed by atoms with Gasteiger partial charge in [0, 0.05) is 35.0 Å². The number of ether oxygens (including phenoxy) is 2. The van der Waals surface area contributed by atoms with Crippen molar-refractivity contribution in [2.75, 3.05) is 0 Å². The zero-order chi connectivity index (χ0) is 17.7. The molecule has 0 N–H and O–H groups in total. The van der Waals surface area contributed by atoms with E-state index in [9.17, 15) is 9.59 Å². The molecule has 0 unspecified atom stereocenters. The van der Waals surface area contributed by atoms with Gasteiger partial charge in [0.25, 0.3) is 0 Å². The first kappa shape index (κ1) is 18.3. The van der Waals surface area contributed by atoms with Crippen LogP contribution in [0.1, 0.15) is 25.8 Å². The molecule has 1 aliphatic carbocycles. The van der Waals surface area contributed by atoms with Crippen LogP contribution in [0, 0.1) is 0 Å². The Morgan fingerprint density at radius 3 is 2.21 bits per heavy atom. The fourth-order valence-corrected chi connectivity index (χ4v) is 2.59. The highest BCUT2D eigenvalue weighted by Gasteiger charge is 2.24. The van der Waals surface area contributed by atoms with E-state index in [-0.39, 0.29) is 5.41 Å². The molecule has 0 heterocycles. The Kier molecular flexibility index (Phi) is 5.86. The van der Waals surface area contributed by atoms with E-state index >= 15 is 0 Å². The summed E-state index contributed by atoms with van der Waals surface area (Å²) in [6.07, 6.45) is 8.01. The maximum atomic E-state index is 10.8. The number of carbonyl (C=O) groups is 2. The Bertz CT molecular complexity index is 728. The van der Waals surface area contributed by atoms with Crippen LogP contribution in [0.4, 0.5) is 9.59 Å². The lowest BCUT2D eigenvalue weighted by Gasteiger charge is -2.27. The predicted molar refractivity (Wildman–Crippen MR) is 93.6 cm³/mol. The van der Waals surface area contributed by atoms with E-state index in [2.05, 4.69) is 13.8 Å². The molecule has 0 radical (unpaired) electrons. The van der Waals surface area contributed by atoms with Gasteiger partial charge in [0.2, 0.25) is 0 Å². The molecule has 0 amide bonds. The second-order valence-electron chi connectivity index (χ2n) is 5.69. The lowest BCUT2D eigenvalue weighted by atomic mass is 9.77. The van der Waals surface area contributed by atoms with Gasteiger partial charge in [0.1, 0.15) is 11.5 Å². The highest BCUT2D eigenvalue weighted by molar-refractivity contribution is 6.61. The molecule has 1 aromatic rings. The van der Waals surface area contributed by atoms with E-state index in [0.717, 1.165) is 11.1 Å². The fourth-order valence-electron chi connectivity index (χ4n) is 2.40. The van der Waals surface area contributed by atoms with Gasteiger partial charge in [-0.15, -0.1) is 0 Å². The van der Waals surface area contributed by atoms with Crippen LogP contribution in [-0.4, -0.2) is 10.9 Å². The first-order valence-electron chi connectivity index (χ1n) is 7.22. The molecule has 0 atom stereocenters. The summed E-state index contributed by atoms with van der Waals surface area (Å²) in [5.74, 6) is 0.873. The number of carbonyl (C=O) groups excluding carboxylic acids is 2. The molecule has 2 rings (SSSR count). The van der Waals surface area contributed by atoms with Crippen LogP contribution in [0.3, 0.4) is 0 Å². The summed E-state index contributed by atoms with van der Waals surface area (Å²) in [5, 5.41) is 0. The van der Waals surface area contributed by atoms with E-state index in [4.69, 9.17) is 32.7 Å². The minimum absolute atomic E-state index is 0.309. The Morgan fingerprint density at radius 2 is 1.62 bits per heavy atom. The summed E-state index contributed by atoms with van der Waals surface area (Å²) in [6.45, 7) is 4.14. The monoisotopic (exact) mass is 366 g/mol. The van der Waals surface area contributed by atoms with Crippen LogP contribution in [0.25, 0.3) is 0 Å². The van der Waals surface area contributed by atoms with Crippen LogP contribution in [0.15, 0.2) is 59.9 Å². The quantitative estimate of drug-likeness (QED) is 0.627. The average molecular weight is 367 g/mol. The van der Waals surface area contributed by atoms with E-state index < -0.39 is 10.9 Å². The number of allylic oxidation sites excluding steroid dienone is 5. The third kappa shape index (κ3) is 4.73. The van der Waals surface area contributed by atoms with Crippen molar-refractivity contribution in [2.45, 2.75) is 25.7 Å². The van der Waals surface area contributed by atoms with E-state index in [1.165, 1.54) is 0 Å². The van der Waals surface area contributed by atoms with Crippen LogP contribution >= 0.6 is 23.2 Å². The molecule has 0 aliphatic heterocycles. The summed E-state index contributed by atoms with van der Waals surface area (Å²) < 4.78 is 9.75. The minimum Gasteiger partial charge on any atom is -0.419 e. The number of rotatable bonds is 4. The van der Waals surface area contributed by atoms with Crippen molar-refractivity contribution in [3.63, 3.8) is 0 Å². The molecule has 0 saturated carbocycles. The molecule has 4 nitrogen and oxygen atoms in total. The average Bonchev–Trinajstić information content (AvgIpc) is 2.72. The standard InChI is InChI=1S/C18H16Cl2O4/c1-18(2,13-7-10-15(11-8-13)24-17(20)22)12-4-3-5-14(9-6-12)23-16(19)21/h3-4,6-11H,5H2,1-2H3. The molecule has 126 valence electrons. The minimum atomic E-state index is -0.872. The summed E-state index contributed by atoms with van der Waals surface area (Å²) in [7, 11) is 0. The first-order chi connectivity index (χ1) is 11.3. The predicted octanol–water partition coefficient (Wildman–Crippen LogP) is 5.85. The first-order valence-corrected chi connectivity index (χ1v) is 7.97. The Labute approximate surface area is 150 Å². The van der Waals surface area contributed by atoms with Gasteiger partial charge in [0.05, 0.1) is 0 Å². The third-order valence-electron chi connectivity index (χ3n) is 3.77. The summed E-state index contributed by atoms with van der Waals surface area (Å²) in [4.78, 5) is 21.6. The molecule has 24 heavy (non-hydrogen) atoms. The summed E-state index contributed by atoms with van der Waals surface area (Å²) in [5.41, 5.74) is 0.0268. The van der Waals surface area contributed by atoms with Gasteiger partial charge >= 0.3 is 10.9 Å². The lowest BCUT2D eigenvalue weighted by Crippen LogP contribution is -2.19. The van der Waals surface area contributed by atoms with Gasteiger partial charge in [-0.1, -0.05) is 44.2 Å². The largest absolute Gasteiger partial charge is 0.419 e. The molecule has 1 aromatic carbocycles. The maximum absolute atomic E-state index is 10.8. The lowest BCUT2D eigenvalue weighted by molar-refractivity contribution is 0.201. The number of hydrogen-bond donors (Lipinski definition) is 0. The van der Waals surface area contributed by atoms with Crippen LogP contribution < -0.4 is 4.74 Å². The maximum Gasteiger partial charge on any atom is 0.409 e. The highest BCUT2D eigenvalue weighted by Crippen LogP contribution is 2.34. The van der Waals surface area contributed by atoms with Gasteiger partial charge in [-0.25, -0.2) is 9.59 Å². The normalized spacial score (nSPS) is 14.3. The number of benzene rings is 1. The molecule has 0 saturated heterocycles. The molecule has 0 spiro atoms. The molecule has 0 aromatic heterocycles. The number of hydrogen-bond acceptors (Lipinski definition) is 4. The third-order valence-corrected chi connectivity index (χ3v) is 3.93. The van der Waals surface area contributed by atoms with Crippen LogP contribution in [0.2, 0.25) is 0 Å². The van der Waals surface area contributed by atoms with E-state index in [1.807, 2.05) is 30.4 Å². The van der Waals surface area contributed by atoms with Gasteiger partial charge in [-0.3, -0.25) is 0 Å². The van der Waals surface area contributed by atoms with Gasteiger partial charge in [0.15, 0.2) is 0 Å². The topological polar surface area (TPSA) is 52.6 Å². The molecule has 0 fully saturated rings. The van der Waals surface area contributed by atoms with Gasteiger partial charge in [-0.2, -0.15) is 0 Å². The van der Waals surface area contributed by atoms with E-state index in [0.29, 0.717) is 17.9 Å². The number of halogens is 2. The van der Waals surface area contributed by atoms with Crippen molar-refractivity contribution in [3.05, 3.63) is 65.5 Å². The van der Waals surface area contributed by atoms with E-state index in [1.54, 1.807) is 18.2 Å². The zero-order valence-corrected chi connectivity index (χ0v) is 14.7. The van der Waals surface area contributed by atoms with Crippen molar-refractivity contribution < 1.29 is 19.1 Å². The highest BCUT2D eigenvalue weighted by atomic mass is 35.5. The van der Waals surface area contributed by atoms with Crippen LogP contribution in [0.5, 0.6) is 5.75 Å². The molecular weight excluding hydrogens is 351 g/mol. The molecular formula is C18H16Cl2O4. The van der Waals surface area contributed by atoms with Crippen molar-refractivity contribution in [3.8, 4) is 5.75 Å². The summed E-state index contributed by atoms with van der Waals surface area (Å²) in [6, 6.07) is 7.13. The molecule has 6 heteroatoms. The Balaban J connectivity index is 2.25. The molecule has 0 bridgehead atoms. The van der Waals surface area contributed by atoms with Crippen molar-refractivity contribution in [2.24, 2.45) is 0 Å². The fraction of sp³-hybridized carbons (Fsp3) is 0.222. The molecule has 1 aliphatic rings. The smallest absolute Gasteiger partial charge is 0.409 e.